The van der Waals surface area contributed by atoms with Crippen molar-refractivity contribution in [2.45, 2.75) is 26.3 Å². The number of carbonyl (C=O) groups is 1. The maximum Gasteiger partial charge on any atom is 0.254 e. The Labute approximate surface area is 125 Å². The molecule has 108 valence electrons. The third kappa shape index (κ3) is 2.77. The van der Waals surface area contributed by atoms with Crippen LogP contribution in [0.4, 0.5) is 5.69 Å². The van der Waals surface area contributed by atoms with Crippen LogP contribution in [0.15, 0.2) is 42.5 Å². The van der Waals surface area contributed by atoms with Crippen LogP contribution in [-0.4, -0.2) is 17.4 Å². The molecule has 3 rings (SSSR count). The number of nitrogens with two attached hydrogens (primary N) is 1. The fraction of sp³-hybridized carbons (Fsp3) is 0.278. The molecule has 21 heavy (non-hydrogen) atoms. The van der Waals surface area contributed by atoms with E-state index in [1.807, 2.05) is 30.0 Å². The first-order valence-corrected chi connectivity index (χ1v) is 7.37. The van der Waals surface area contributed by atoms with Crippen molar-refractivity contribution in [3.05, 3.63) is 64.7 Å². The van der Waals surface area contributed by atoms with E-state index in [1.54, 1.807) is 6.07 Å². The van der Waals surface area contributed by atoms with Gasteiger partial charge in [-0.3, -0.25) is 4.79 Å². The minimum Gasteiger partial charge on any atom is -0.399 e. The third-order valence-electron chi connectivity index (χ3n) is 4.13. The molecule has 0 radical (unpaired) electrons. The zero-order valence-corrected chi connectivity index (χ0v) is 12.3. The fourth-order valence-electron chi connectivity index (χ4n) is 2.91. The zero-order chi connectivity index (χ0) is 14.8. The van der Waals surface area contributed by atoms with Crippen molar-refractivity contribution in [3.8, 4) is 0 Å². The molecule has 0 saturated heterocycles. The van der Waals surface area contributed by atoms with E-state index < -0.39 is 0 Å². The molecule has 1 amide bonds. The number of hydrogen-bond acceptors (Lipinski definition) is 2. The van der Waals surface area contributed by atoms with Crippen LogP contribution in [0.2, 0.25) is 0 Å². The molecule has 3 heteroatoms. The standard InChI is InChI=1S/C18H20N2O/c1-13-8-9-16(19)11-17(13)18(21)20-10-4-7-14-5-2-3-6-15(14)12-20/h2-3,5-6,8-9,11H,4,7,10,12,19H2,1H3. The van der Waals surface area contributed by atoms with Gasteiger partial charge in [-0.25, -0.2) is 0 Å². The molecule has 2 aromatic rings. The molecule has 1 aliphatic rings. The van der Waals surface area contributed by atoms with Crippen LogP contribution in [-0.2, 0) is 13.0 Å². The van der Waals surface area contributed by atoms with Crippen LogP contribution in [0, 0.1) is 6.92 Å². The van der Waals surface area contributed by atoms with Crippen LogP contribution < -0.4 is 5.73 Å². The van der Waals surface area contributed by atoms with Gasteiger partial charge in [0.25, 0.3) is 5.91 Å². The van der Waals surface area contributed by atoms with Crippen molar-refractivity contribution >= 4 is 11.6 Å². The molecule has 1 heterocycles. The molecular weight excluding hydrogens is 260 g/mol. The highest BCUT2D eigenvalue weighted by atomic mass is 16.2. The quantitative estimate of drug-likeness (QED) is 0.816. The molecule has 1 aliphatic heterocycles. The van der Waals surface area contributed by atoms with Gasteiger partial charge in [0.1, 0.15) is 0 Å². The lowest BCUT2D eigenvalue weighted by Gasteiger charge is -2.22. The maximum absolute atomic E-state index is 12.8. The molecule has 2 aromatic carbocycles. The number of nitrogens with zero attached hydrogens (tertiary/aromatic N) is 1. The Morgan fingerprint density at radius 3 is 2.71 bits per heavy atom. The molecule has 0 aliphatic carbocycles. The lowest BCUT2D eigenvalue weighted by molar-refractivity contribution is 0.0745. The molecule has 0 atom stereocenters. The van der Waals surface area contributed by atoms with E-state index in [-0.39, 0.29) is 5.91 Å². The summed E-state index contributed by atoms with van der Waals surface area (Å²) in [6.45, 7) is 3.43. The summed E-state index contributed by atoms with van der Waals surface area (Å²) in [5.41, 5.74) is 10.8. The predicted molar refractivity (Wildman–Crippen MR) is 85.1 cm³/mol. The topological polar surface area (TPSA) is 46.3 Å². The fourth-order valence-corrected chi connectivity index (χ4v) is 2.91. The van der Waals surface area contributed by atoms with Gasteiger partial charge in [-0.2, -0.15) is 0 Å². The number of aryl methyl sites for hydroxylation is 2. The van der Waals surface area contributed by atoms with Crippen LogP contribution in [0.3, 0.4) is 0 Å². The van der Waals surface area contributed by atoms with Gasteiger partial charge in [-0.1, -0.05) is 30.3 Å². The highest BCUT2D eigenvalue weighted by Gasteiger charge is 2.21. The number of amides is 1. The number of rotatable bonds is 1. The number of hydrogen-bond donors (Lipinski definition) is 1. The first-order valence-electron chi connectivity index (χ1n) is 7.37. The summed E-state index contributed by atoms with van der Waals surface area (Å²) in [6.07, 6.45) is 2.04. The number of fused-ring (bicyclic) bond motifs is 1. The lowest BCUT2D eigenvalue weighted by atomic mass is 10.0. The molecular formula is C18H20N2O. The summed E-state index contributed by atoms with van der Waals surface area (Å²) in [6, 6.07) is 13.9. The van der Waals surface area contributed by atoms with Crippen molar-refractivity contribution < 1.29 is 4.79 Å². The Morgan fingerprint density at radius 2 is 1.90 bits per heavy atom. The average Bonchev–Trinajstić information content (AvgIpc) is 2.71. The Morgan fingerprint density at radius 1 is 1.14 bits per heavy atom. The normalized spacial score (nSPS) is 14.4. The van der Waals surface area contributed by atoms with Crippen LogP contribution in [0.5, 0.6) is 0 Å². The minimum absolute atomic E-state index is 0.0801. The Bertz CT molecular complexity index is 679. The SMILES string of the molecule is Cc1ccc(N)cc1C(=O)N1CCCc2ccccc2C1. The lowest BCUT2D eigenvalue weighted by Crippen LogP contribution is -2.31. The van der Waals surface area contributed by atoms with Gasteiger partial charge >= 0.3 is 0 Å². The molecule has 0 aromatic heterocycles. The van der Waals surface area contributed by atoms with E-state index in [2.05, 4.69) is 18.2 Å². The van der Waals surface area contributed by atoms with Gasteiger partial charge in [-0.05, 0) is 48.6 Å². The van der Waals surface area contributed by atoms with Crippen LogP contribution in [0.25, 0.3) is 0 Å². The summed E-state index contributed by atoms with van der Waals surface area (Å²) >= 11 is 0. The Hall–Kier alpha value is -2.29. The second kappa shape index (κ2) is 5.60. The van der Waals surface area contributed by atoms with Crippen LogP contribution >= 0.6 is 0 Å². The summed E-state index contributed by atoms with van der Waals surface area (Å²) in [5.74, 6) is 0.0801. The van der Waals surface area contributed by atoms with E-state index in [1.165, 1.54) is 11.1 Å². The first kappa shape index (κ1) is 13.7. The van der Waals surface area contributed by atoms with Gasteiger partial charge in [0, 0.05) is 24.3 Å². The zero-order valence-electron chi connectivity index (χ0n) is 12.3. The smallest absolute Gasteiger partial charge is 0.254 e. The third-order valence-corrected chi connectivity index (χ3v) is 4.13. The molecule has 2 N–H and O–H groups in total. The second-order valence-electron chi connectivity index (χ2n) is 5.67. The van der Waals surface area contributed by atoms with E-state index >= 15 is 0 Å². The van der Waals surface area contributed by atoms with Crippen molar-refractivity contribution in [3.63, 3.8) is 0 Å². The molecule has 0 fully saturated rings. The van der Waals surface area contributed by atoms with E-state index in [9.17, 15) is 4.79 Å². The van der Waals surface area contributed by atoms with E-state index in [0.29, 0.717) is 12.2 Å². The number of benzene rings is 2. The highest BCUT2D eigenvalue weighted by Crippen LogP contribution is 2.22. The van der Waals surface area contributed by atoms with E-state index in [4.69, 9.17) is 5.73 Å². The van der Waals surface area contributed by atoms with Gasteiger partial charge in [0.2, 0.25) is 0 Å². The van der Waals surface area contributed by atoms with Crippen molar-refractivity contribution in [2.75, 3.05) is 12.3 Å². The van der Waals surface area contributed by atoms with E-state index in [0.717, 1.165) is 30.5 Å². The Kier molecular flexibility index (Phi) is 3.65. The minimum atomic E-state index is 0.0801. The monoisotopic (exact) mass is 280 g/mol. The van der Waals surface area contributed by atoms with Gasteiger partial charge in [0.05, 0.1) is 0 Å². The Balaban J connectivity index is 1.90. The molecule has 0 unspecified atom stereocenters. The highest BCUT2D eigenvalue weighted by molar-refractivity contribution is 5.96. The number of nitrogen functional groups attached to an aromatic ring is 1. The van der Waals surface area contributed by atoms with Gasteiger partial charge in [0.15, 0.2) is 0 Å². The molecule has 3 nitrogen and oxygen atoms in total. The predicted octanol–water partition coefficient (Wildman–Crippen LogP) is 3.17. The van der Waals surface area contributed by atoms with Crippen LogP contribution in [0.1, 0.15) is 33.5 Å². The largest absolute Gasteiger partial charge is 0.399 e. The molecule has 0 saturated carbocycles. The second-order valence-corrected chi connectivity index (χ2v) is 5.67. The van der Waals surface area contributed by atoms with Gasteiger partial charge in [-0.15, -0.1) is 0 Å². The maximum atomic E-state index is 12.8. The average molecular weight is 280 g/mol. The summed E-state index contributed by atoms with van der Waals surface area (Å²) in [4.78, 5) is 14.7. The summed E-state index contributed by atoms with van der Waals surface area (Å²) in [5, 5.41) is 0. The first-order chi connectivity index (χ1) is 10.1. The van der Waals surface area contributed by atoms with Crippen molar-refractivity contribution in [2.24, 2.45) is 0 Å². The molecule has 0 bridgehead atoms. The van der Waals surface area contributed by atoms with Crippen molar-refractivity contribution in [1.29, 1.82) is 0 Å². The number of carbonyl (C=O) groups excluding carboxylic acids is 1. The van der Waals surface area contributed by atoms with Crippen molar-refractivity contribution in [1.82, 2.24) is 4.90 Å². The number of anilines is 1. The summed E-state index contributed by atoms with van der Waals surface area (Å²) < 4.78 is 0. The summed E-state index contributed by atoms with van der Waals surface area (Å²) in [7, 11) is 0. The molecule has 0 spiro atoms. The van der Waals surface area contributed by atoms with Gasteiger partial charge < -0.3 is 10.6 Å².